The predicted octanol–water partition coefficient (Wildman–Crippen LogP) is 5.93. The van der Waals surface area contributed by atoms with Crippen molar-refractivity contribution < 1.29 is 9.59 Å². The maximum Gasteiger partial charge on any atom is 0.0785 e. The summed E-state index contributed by atoms with van der Waals surface area (Å²) in [5.41, 5.74) is 0. The van der Waals surface area contributed by atoms with Gasteiger partial charge in [-0.15, -0.1) is 0 Å². The van der Waals surface area contributed by atoms with E-state index in [4.69, 9.17) is 5.11 Å². The molecule has 0 saturated carbocycles. The Balaban J connectivity index is 3.93. The van der Waals surface area contributed by atoms with Gasteiger partial charge in [-0.3, -0.25) is 0 Å². The number of aliphatic hydroxyl groups excluding tert-OH is 1. The summed E-state index contributed by atoms with van der Waals surface area (Å²) in [5, 5.41) is 9.05. The Labute approximate surface area is 147 Å². The second kappa shape index (κ2) is 16.8. The first-order valence-electron chi connectivity index (χ1n) is 10.6. The largest absolute Gasteiger partial charge is 0.396 e. The molecule has 0 fully saturated rings. The van der Waals surface area contributed by atoms with Crippen molar-refractivity contribution in [3.05, 3.63) is 0 Å². The third-order valence-electron chi connectivity index (χ3n) is 5.21. The van der Waals surface area contributed by atoms with Crippen molar-refractivity contribution in [1.82, 2.24) is 0 Å². The molecule has 0 atom stereocenters. The number of nitrogens with zero attached hydrogens (tertiary/aromatic N) is 1. The van der Waals surface area contributed by atoms with Crippen molar-refractivity contribution in [2.45, 2.75) is 104 Å². The molecule has 0 aliphatic rings. The molecule has 0 amide bonds. The highest BCUT2D eigenvalue weighted by atomic mass is 16.2. The maximum absolute atomic E-state index is 9.05. The molecule has 0 unspecified atom stereocenters. The average Bonchev–Trinajstić information content (AvgIpc) is 2.54. The van der Waals surface area contributed by atoms with Crippen LogP contribution in [0.1, 0.15) is 104 Å². The van der Waals surface area contributed by atoms with Crippen LogP contribution in [-0.4, -0.2) is 42.9 Å². The highest BCUT2D eigenvalue weighted by Gasteiger charge is 2.19. The van der Waals surface area contributed by atoms with E-state index in [2.05, 4.69) is 20.9 Å². The first-order valence-corrected chi connectivity index (χ1v) is 10.6. The van der Waals surface area contributed by atoms with Gasteiger partial charge in [-0.25, -0.2) is 0 Å². The minimum Gasteiger partial charge on any atom is -0.396 e. The topological polar surface area (TPSA) is 20.2 Å². The molecule has 0 heterocycles. The summed E-state index contributed by atoms with van der Waals surface area (Å²) in [7, 11) is 2.45. The zero-order valence-corrected chi connectivity index (χ0v) is 16.6. The molecule has 0 saturated heterocycles. The fraction of sp³-hybridized carbons (Fsp3) is 1.00. The lowest BCUT2D eigenvalue weighted by molar-refractivity contribution is -0.910. The number of unbranched alkanes of at least 4 members (excludes halogenated alkanes) is 11. The summed E-state index contributed by atoms with van der Waals surface area (Å²) in [6, 6.07) is 0. The van der Waals surface area contributed by atoms with E-state index < -0.39 is 0 Å². The highest BCUT2D eigenvalue weighted by molar-refractivity contribution is 4.50. The zero-order valence-electron chi connectivity index (χ0n) is 16.6. The lowest BCUT2D eigenvalue weighted by atomic mass is 10.1. The van der Waals surface area contributed by atoms with E-state index >= 15 is 0 Å². The lowest BCUT2D eigenvalue weighted by Gasteiger charge is -2.35. The van der Waals surface area contributed by atoms with E-state index in [1.165, 1.54) is 108 Å². The van der Waals surface area contributed by atoms with Gasteiger partial charge in [0.05, 0.1) is 26.7 Å². The normalized spacial score (nSPS) is 12.0. The van der Waals surface area contributed by atoms with Crippen molar-refractivity contribution in [3.8, 4) is 0 Å². The number of hydrogen-bond acceptors (Lipinski definition) is 1. The average molecular weight is 329 g/mol. The van der Waals surface area contributed by atoms with Crippen LogP contribution in [0.15, 0.2) is 0 Å². The van der Waals surface area contributed by atoms with Gasteiger partial charge in [0.25, 0.3) is 0 Å². The summed E-state index contributed by atoms with van der Waals surface area (Å²) < 4.78 is 1.24. The van der Waals surface area contributed by atoms with E-state index in [1.807, 2.05) is 0 Å². The van der Waals surface area contributed by atoms with Crippen LogP contribution in [0.2, 0.25) is 0 Å². The molecule has 0 aliphatic carbocycles. The van der Waals surface area contributed by atoms with Crippen LogP contribution in [-0.2, 0) is 0 Å². The van der Waals surface area contributed by atoms with E-state index in [0.29, 0.717) is 6.61 Å². The van der Waals surface area contributed by atoms with Gasteiger partial charge in [-0.1, -0.05) is 65.2 Å². The fourth-order valence-corrected chi connectivity index (χ4v) is 3.49. The maximum atomic E-state index is 9.05. The van der Waals surface area contributed by atoms with Crippen LogP contribution < -0.4 is 0 Å². The predicted molar refractivity (Wildman–Crippen MR) is 104 cm³/mol. The Morgan fingerprint density at radius 1 is 0.522 bits per heavy atom. The Morgan fingerprint density at radius 3 is 1.26 bits per heavy atom. The number of quaternary nitrogens is 1. The summed E-state index contributed by atoms with van der Waals surface area (Å²) in [6.07, 6.45) is 18.9. The number of hydrogen-bond donors (Lipinski definition) is 1. The standard InChI is InChI=1S/C21H46NO/c1-4-6-8-10-12-14-18-22(3,20-16-17-21-23)19-15-13-11-9-7-5-2/h23H,4-21H2,1-3H3/q+1. The van der Waals surface area contributed by atoms with E-state index in [1.54, 1.807) is 0 Å². The van der Waals surface area contributed by atoms with Crippen molar-refractivity contribution in [2.24, 2.45) is 0 Å². The van der Waals surface area contributed by atoms with Gasteiger partial charge >= 0.3 is 0 Å². The number of rotatable bonds is 18. The third-order valence-corrected chi connectivity index (χ3v) is 5.21. The molecule has 0 aromatic heterocycles. The minimum absolute atomic E-state index is 0.355. The lowest BCUT2D eigenvalue weighted by Crippen LogP contribution is -2.46. The van der Waals surface area contributed by atoms with Crippen LogP contribution in [0.5, 0.6) is 0 Å². The quantitative estimate of drug-likeness (QED) is 0.244. The SMILES string of the molecule is CCCCCCCC[N+](C)(CCCCO)CCCCCCCC. The molecule has 0 radical (unpaired) electrons. The Morgan fingerprint density at radius 2 is 0.870 bits per heavy atom. The van der Waals surface area contributed by atoms with Crippen LogP contribution in [0.4, 0.5) is 0 Å². The van der Waals surface area contributed by atoms with Crippen LogP contribution in [0.3, 0.4) is 0 Å². The molecule has 1 N–H and O–H groups in total. The van der Waals surface area contributed by atoms with Crippen LogP contribution in [0, 0.1) is 0 Å². The van der Waals surface area contributed by atoms with Crippen molar-refractivity contribution in [2.75, 3.05) is 33.3 Å². The molecule has 0 aromatic rings. The minimum atomic E-state index is 0.355. The highest BCUT2D eigenvalue weighted by Crippen LogP contribution is 2.15. The molecule has 0 aromatic carbocycles. The van der Waals surface area contributed by atoms with Crippen LogP contribution in [0.25, 0.3) is 0 Å². The summed E-state index contributed by atoms with van der Waals surface area (Å²) in [4.78, 5) is 0. The van der Waals surface area contributed by atoms with Gasteiger partial charge < -0.3 is 9.59 Å². The summed E-state index contributed by atoms with van der Waals surface area (Å²) in [6.45, 7) is 8.86. The second-order valence-electron chi connectivity index (χ2n) is 7.76. The monoisotopic (exact) mass is 328 g/mol. The number of aliphatic hydroxyl groups is 1. The molecule has 140 valence electrons. The molecule has 23 heavy (non-hydrogen) atoms. The molecule has 0 spiro atoms. The van der Waals surface area contributed by atoms with E-state index in [-0.39, 0.29) is 0 Å². The zero-order chi connectivity index (χ0) is 17.2. The summed E-state index contributed by atoms with van der Waals surface area (Å²) in [5.74, 6) is 0. The smallest absolute Gasteiger partial charge is 0.0785 e. The first kappa shape index (κ1) is 22.9. The molecule has 0 bridgehead atoms. The summed E-state index contributed by atoms with van der Waals surface area (Å²) >= 11 is 0. The fourth-order valence-electron chi connectivity index (χ4n) is 3.49. The molecular formula is C21H46NO+. The molecule has 0 aliphatic heterocycles. The molecule has 0 rings (SSSR count). The van der Waals surface area contributed by atoms with E-state index in [9.17, 15) is 0 Å². The first-order chi connectivity index (χ1) is 11.2. The molecular weight excluding hydrogens is 282 g/mol. The van der Waals surface area contributed by atoms with Gasteiger partial charge in [0.1, 0.15) is 0 Å². The second-order valence-corrected chi connectivity index (χ2v) is 7.76. The third kappa shape index (κ3) is 15.2. The van der Waals surface area contributed by atoms with Gasteiger partial charge in [-0.2, -0.15) is 0 Å². The Kier molecular flexibility index (Phi) is 16.7. The van der Waals surface area contributed by atoms with Crippen LogP contribution >= 0.6 is 0 Å². The van der Waals surface area contributed by atoms with Crippen molar-refractivity contribution in [1.29, 1.82) is 0 Å². The van der Waals surface area contributed by atoms with Gasteiger partial charge in [0.15, 0.2) is 0 Å². The van der Waals surface area contributed by atoms with Gasteiger partial charge in [-0.05, 0) is 38.5 Å². The Hall–Kier alpha value is -0.0800. The molecule has 2 nitrogen and oxygen atoms in total. The molecule has 2 heteroatoms. The van der Waals surface area contributed by atoms with Crippen molar-refractivity contribution >= 4 is 0 Å². The van der Waals surface area contributed by atoms with Gasteiger partial charge in [0, 0.05) is 6.61 Å². The van der Waals surface area contributed by atoms with Crippen molar-refractivity contribution in [3.63, 3.8) is 0 Å². The Bertz CT molecular complexity index is 214. The van der Waals surface area contributed by atoms with Gasteiger partial charge in [0.2, 0.25) is 0 Å². The van der Waals surface area contributed by atoms with E-state index in [0.717, 1.165) is 6.42 Å².